The number of imidazole rings is 1. The zero-order valence-electron chi connectivity index (χ0n) is 12.4. The van der Waals surface area contributed by atoms with E-state index in [4.69, 9.17) is 10.6 Å². The predicted molar refractivity (Wildman–Crippen MR) is 93.1 cm³/mol. The quantitative estimate of drug-likeness (QED) is 0.493. The van der Waals surface area contributed by atoms with Gasteiger partial charge >= 0.3 is 0 Å². The Balaban J connectivity index is 0.00000192. The third-order valence-corrected chi connectivity index (χ3v) is 4.05. The fraction of sp³-hybridized carbons (Fsp3) is 0.375. The zero-order chi connectivity index (χ0) is 15.9. The summed E-state index contributed by atoms with van der Waals surface area (Å²) < 4.78 is 8.62. The second-order valence-electron chi connectivity index (χ2n) is 5.44. The number of fused-ring (bicyclic) bond motifs is 3. The summed E-state index contributed by atoms with van der Waals surface area (Å²) in [5.41, 5.74) is 1.22. The number of hydrogen-bond donors (Lipinski definition) is 1. The molecule has 0 bridgehead atoms. The molecule has 0 saturated carbocycles. The largest absolute Gasteiger partial charge is 0.491 e. The van der Waals surface area contributed by atoms with Gasteiger partial charge in [0.2, 0.25) is 0 Å². The summed E-state index contributed by atoms with van der Waals surface area (Å²) in [5, 5.41) is 1.20. The van der Waals surface area contributed by atoms with Crippen molar-refractivity contribution >= 4 is 21.8 Å². The van der Waals surface area contributed by atoms with E-state index in [-0.39, 0.29) is 19.4 Å². The first-order chi connectivity index (χ1) is 10.5. The van der Waals surface area contributed by atoms with Gasteiger partial charge in [-0.25, -0.2) is 10.8 Å². The van der Waals surface area contributed by atoms with Gasteiger partial charge in [-0.1, -0.05) is 23.4 Å². The number of carbonyl (C=O) groups is 1. The van der Waals surface area contributed by atoms with Crippen LogP contribution >= 0.6 is 15.9 Å². The Hall–Kier alpha value is -1.86. The van der Waals surface area contributed by atoms with Crippen molar-refractivity contribution in [1.29, 1.82) is 0 Å². The van der Waals surface area contributed by atoms with Gasteiger partial charge in [0.25, 0.3) is 5.91 Å². The van der Waals surface area contributed by atoms with Gasteiger partial charge in [0.1, 0.15) is 23.9 Å². The third kappa shape index (κ3) is 3.25. The lowest BCUT2D eigenvalue weighted by Gasteiger charge is -2.19. The van der Waals surface area contributed by atoms with E-state index in [9.17, 15) is 4.79 Å². The van der Waals surface area contributed by atoms with Crippen LogP contribution in [0.3, 0.4) is 0 Å². The van der Waals surface area contributed by atoms with Crippen molar-refractivity contribution in [2.24, 2.45) is 5.84 Å². The molecule has 0 unspecified atom stereocenters. The summed E-state index contributed by atoms with van der Waals surface area (Å²) in [6, 6.07) is 5.68. The number of hydrogen-bond acceptors (Lipinski definition) is 4. The Morgan fingerprint density at radius 2 is 2.22 bits per heavy atom. The Morgan fingerprint density at radius 1 is 1.48 bits per heavy atom. The Labute approximate surface area is 144 Å². The number of ether oxygens (including phenoxy) is 1. The molecule has 1 amide bonds. The maximum atomic E-state index is 12.3. The van der Waals surface area contributed by atoms with Crippen molar-refractivity contribution in [3.05, 3.63) is 34.6 Å². The number of rotatable bonds is 2. The lowest BCUT2D eigenvalue weighted by molar-refractivity contribution is 0.0700. The number of hydrazine groups is 1. The number of amides is 1. The Kier molecular flexibility index (Phi) is 5.11. The van der Waals surface area contributed by atoms with Gasteiger partial charge in [-0.05, 0) is 32.0 Å². The van der Waals surface area contributed by atoms with E-state index < -0.39 is 0 Å². The summed E-state index contributed by atoms with van der Waals surface area (Å²) in [5.74, 6) is 7.00. The van der Waals surface area contributed by atoms with E-state index in [0.717, 1.165) is 21.6 Å². The Bertz CT molecular complexity index is 727. The minimum absolute atomic E-state index is 0. The topological polar surface area (TPSA) is 73.4 Å². The van der Waals surface area contributed by atoms with Crippen LogP contribution in [0.4, 0.5) is 0 Å². The summed E-state index contributed by atoms with van der Waals surface area (Å²) >= 11 is 3.43. The van der Waals surface area contributed by atoms with Gasteiger partial charge in [-0.15, -0.1) is 0 Å². The van der Waals surface area contributed by atoms with Crippen LogP contribution in [0.25, 0.3) is 11.4 Å². The lowest BCUT2D eigenvalue weighted by Crippen LogP contribution is -2.42. The van der Waals surface area contributed by atoms with E-state index in [0.29, 0.717) is 18.8 Å². The van der Waals surface area contributed by atoms with Crippen LogP contribution < -0.4 is 10.6 Å². The molecule has 1 aliphatic heterocycles. The molecule has 2 N–H and O–H groups in total. The van der Waals surface area contributed by atoms with Gasteiger partial charge in [-0.3, -0.25) is 9.80 Å². The van der Waals surface area contributed by atoms with Crippen molar-refractivity contribution < 1.29 is 9.53 Å². The number of benzene rings is 1. The van der Waals surface area contributed by atoms with E-state index in [1.54, 1.807) is 6.20 Å². The molecule has 7 heteroatoms. The number of nitrogens with zero attached hydrogens (tertiary/aromatic N) is 3. The first kappa shape index (κ1) is 17.5. The molecule has 124 valence electrons. The highest BCUT2D eigenvalue weighted by Gasteiger charge is 2.23. The monoisotopic (exact) mass is 380 g/mol. The third-order valence-electron chi connectivity index (χ3n) is 3.56. The van der Waals surface area contributed by atoms with Gasteiger partial charge in [-0.2, -0.15) is 0 Å². The molecular weight excluding hydrogens is 360 g/mol. The van der Waals surface area contributed by atoms with Crippen LogP contribution in [-0.2, 0) is 6.54 Å². The van der Waals surface area contributed by atoms with Crippen LogP contribution in [0.2, 0.25) is 0 Å². The SMILES string of the molecule is C.CC(C)N(N)C(=O)c1cn2c(n1)-c1ccc(Br)cc1OCC2. The fourth-order valence-corrected chi connectivity index (χ4v) is 2.67. The van der Waals surface area contributed by atoms with Crippen LogP contribution in [0.5, 0.6) is 5.75 Å². The predicted octanol–water partition coefficient (Wildman–Crippen LogP) is 3.07. The van der Waals surface area contributed by atoms with Crippen LogP contribution in [0, 0.1) is 0 Å². The molecular formula is C16H21BrN4O2. The van der Waals surface area contributed by atoms with Crippen molar-refractivity contribution in [1.82, 2.24) is 14.6 Å². The summed E-state index contributed by atoms with van der Waals surface area (Å²) in [6.07, 6.45) is 1.74. The molecule has 2 heterocycles. The number of halogens is 1. The van der Waals surface area contributed by atoms with Crippen LogP contribution in [0.15, 0.2) is 28.9 Å². The second-order valence-corrected chi connectivity index (χ2v) is 6.35. The molecule has 6 nitrogen and oxygen atoms in total. The molecule has 1 aliphatic rings. The van der Waals surface area contributed by atoms with Crippen LogP contribution in [0.1, 0.15) is 31.8 Å². The average Bonchev–Trinajstić information content (AvgIpc) is 2.82. The highest BCUT2D eigenvalue weighted by Crippen LogP contribution is 2.34. The van der Waals surface area contributed by atoms with Gasteiger partial charge in [0.05, 0.1) is 12.1 Å². The molecule has 0 spiro atoms. The molecule has 3 rings (SSSR count). The minimum Gasteiger partial charge on any atom is -0.491 e. The van der Waals surface area contributed by atoms with Crippen molar-refractivity contribution in [3.63, 3.8) is 0 Å². The first-order valence-electron chi connectivity index (χ1n) is 7.05. The van der Waals surface area contributed by atoms with Gasteiger partial charge in [0.15, 0.2) is 0 Å². The van der Waals surface area contributed by atoms with E-state index >= 15 is 0 Å². The van der Waals surface area contributed by atoms with E-state index in [1.807, 2.05) is 36.6 Å². The number of carbonyl (C=O) groups excluding carboxylic acids is 1. The summed E-state index contributed by atoms with van der Waals surface area (Å²) in [7, 11) is 0. The summed E-state index contributed by atoms with van der Waals surface area (Å²) in [6.45, 7) is 4.88. The van der Waals surface area contributed by atoms with Crippen molar-refractivity contribution in [3.8, 4) is 17.1 Å². The molecule has 1 aromatic carbocycles. The molecule has 0 atom stereocenters. The van der Waals surface area contributed by atoms with E-state index in [1.165, 1.54) is 5.01 Å². The normalized spacial score (nSPS) is 12.6. The molecule has 0 saturated heterocycles. The van der Waals surface area contributed by atoms with Gasteiger partial charge < -0.3 is 9.30 Å². The molecule has 1 aromatic heterocycles. The highest BCUT2D eigenvalue weighted by molar-refractivity contribution is 9.10. The Morgan fingerprint density at radius 3 is 2.91 bits per heavy atom. The second kappa shape index (κ2) is 6.72. The highest BCUT2D eigenvalue weighted by atomic mass is 79.9. The van der Waals surface area contributed by atoms with Crippen molar-refractivity contribution in [2.45, 2.75) is 33.9 Å². The molecule has 0 fully saturated rings. The zero-order valence-corrected chi connectivity index (χ0v) is 14.0. The number of nitrogens with two attached hydrogens (primary N) is 1. The molecule has 2 aromatic rings. The number of aromatic nitrogens is 2. The van der Waals surface area contributed by atoms with E-state index in [2.05, 4.69) is 20.9 Å². The minimum atomic E-state index is -0.282. The lowest BCUT2D eigenvalue weighted by atomic mass is 10.2. The molecule has 23 heavy (non-hydrogen) atoms. The fourth-order valence-electron chi connectivity index (χ4n) is 2.33. The van der Waals surface area contributed by atoms with Crippen molar-refractivity contribution in [2.75, 3.05) is 6.61 Å². The first-order valence-corrected chi connectivity index (χ1v) is 7.85. The maximum absolute atomic E-state index is 12.3. The maximum Gasteiger partial charge on any atom is 0.288 e. The van der Waals surface area contributed by atoms with Crippen LogP contribution in [-0.4, -0.2) is 33.1 Å². The average molecular weight is 381 g/mol. The standard InChI is InChI=1S/C15H17BrN4O2.CH4/c1-9(2)20(17)15(21)12-8-19-5-6-22-13-7-10(16)3-4-11(13)14(19)18-12;/h3-4,7-9H,5-6,17H2,1-2H3;1H4. The van der Waals surface area contributed by atoms with Gasteiger partial charge in [0, 0.05) is 16.7 Å². The smallest absolute Gasteiger partial charge is 0.288 e. The molecule has 0 radical (unpaired) electrons. The summed E-state index contributed by atoms with van der Waals surface area (Å²) in [4.78, 5) is 16.8. The molecule has 0 aliphatic carbocycles.